The third-order valence-electron chi connectivity index (χ3n) is 0.821. The molecule has 0 atom stereocenters. The fraction of sp³-hybridized carbons (Fsp3) is 0.375. The highest BCUT2D eigenvalue weighted by Crippen LogP contribution is 1.91. The molecular weight excluding hydrogens is 112 g/mol. The molecule has 0 bridgehead atoms. The average Bonchev–Trinajstić information content (AvgIpc) is 1.89. The van der Waals surface area contributed by atoms with Gasteiger partial charge in [-0.1, -0.05) is 12.2 Å². The maximum absolute atomic E-state index is 5.05. The Labute approximate surface area is 57.0 Å². The minimum atomic E-state index is 0.733. The monoisotopic (exact) mass is 125 g/mol. The summed E-state index contributed by atoms with van der Waals surface area (Å²) in [5.74, 6) is 0. The van der Waals surface area contributed by atoms with Crippen molar-refractivity contribution in [1.29, 1.82) is 0 Å². The first-order valence-corrected chi connectivity index (χ1v) is 3.07. The second-order valence-electron chi connectivity index (χ2n) is 1.64. The Hall–Kier alpha value is -0.560. The lowest BCUT2D eigenvalue weighted by atomic mass is 10.4. The van der Waals surface area contributed by atoms with Gasteiger partial charge in [0.1, 0.15) is 0 Å². The van der Waals surface area contributed by atoms with E-state index in [-0.39, 0.29) is 0 Å². The number of ether oxygens (including phenoxy) is 1. The molecule has 0 aromatic rings. The van der Waals surface area contributed by atoms with Gasteiger partial charge in [-0.05, 0) is 12.8 Å². The zero-order valence-corrected chi connectivity index (χ0v) is 5.68. The van der Waals surface area contributed by atoms with Crippen LogP contribution in [0.5, 0.6) is 0 Å². The van der Waals surface area contributed by atoms with Gasteiger partial charge in [0.2, 0.25) is 0 Å². The van der Waals surface area contributed by atoms with Gasteiger partial charge in [0.25, 0.3) is 0 Å². The van der Waals surface area contributed by atoms with Gasteiger partial charge in [-0.15, -0.1) is 13.2 Å². The highest BCUT2D eigenvalue weighted by molar-refractivity contribution is 4.72. The molecule has 0 heterocycles. The molecule has 51 valence electrons. The van der Waals surface area contributed by atoms with E-state index in [4.69, 9.17) is 4.74 Å². The van der Waals surface area contributed by atoms with Crippen LogP contribution in [0.1, 0.15) is 12.8 Å². The van der Waals surface area contributed by atoms with Crippen molar-refractivity contribution in [2.75, 3.05) is 6.61 Å². The molecule has 0 unspecified atom stereocenters. The number of rotatable bonds is 6. The van der Waals surface area contributed by atoms with E-state index in [1.165, 1.54) is 0 Å². The van der Waals surface area contributed by atoms with E-state index in [0.29, 0.717) is 0 Å². The van der Waals surface area contributed by atoms with Crippen LogP contribution in [0.3, 0.4) is 0 Å². The summed E-state index contributed by atoms with van der Waals surface area (Å²) < 4.78 is 5.05. The minimum absolute atomic E-state index is 0.733. The first kappa shape index (κ1) is 8.44. The van der Waals surface area contributed by atoms with E-state index in [1.807, 2.05) is 6.08 Å². The Balaban J connectivity index is 2.74. The summed E-state index contributed by atoms with van der Waals surface area (Å²) in [5, 5.41) is 0. The van der Waals surface area contributed by atoms with Crippen molar-refractivity contribution in [3.63, 3.8) is 0 Å². The van der Waals surface area contributed by atoms with Gasteiger partial charge < -0.3 is 4.74 Å². The molecule has 0 saturated heterocycles. The molecule has 0 N–H and O–H groups in total. The zero-order chi connectivity index (χ0) is 6.95. The smallest absolute Gasteiger partial charge is 0.0874 e. The van der Waals surface area contributed by atoms with Crippen LogP contribution in [-0.2, 0) is 4.74 Å². The van der Waals surface area contributed by atoms with Crippen LogP contribution in [0.4, 0.5) is 0 Å². The average molecular weight is 125 g/mol. The van der Waals surface area contributed by atoms with Crippen molar-refractivity contribution >= 4 is 0 Å². The predicted molar refractivity (Wildman–Crippen MR) is 39.9 cm³/mol. The van der Waals surface area contributed by atoms with Crippen molar-refractivity contribution in [3.05, 3.63) is 31.9 Å². The Morgan fingerprint density at radius 1 is 1.22 bits per heavy atom. The van der Waals surface area contributed by atoms with Crippen LogP contribution in [0.25, 0.3) is 0 Å². The van der Waals surface area contributed by atoms with Crippen molar-refractivity contribution in [2.24, 2.45) is 0 Å². The fourth-order valence-corrected chi connectivity index (χ4v) is 0.371. The van der Waals surface area contributed by atoms with Crippen LogP contribution >= 0.6 is 0 Å². The lowest BCUT2D eigenvalue weighted by Crippen LogP contribution is -1.87. The molecular formula is C8H13O. The summed E-state index contributed by atoms with van der Waals surface area (Å²) in [5.41, 5.74) is 0. The zero-order valence-electron chi connectivity index (χ0n) is 5.68. The second kappa shape index (κ2) is 7.44. The van der Waals surface area contributed by atoms with Gasteiger partial charge in [-0.3, -0.25) is 0 Å². The van der Waals surface area contributed by atoms with Crippen molar-refractivity contribution in [1.82, 2.24) is 0 Å². The molecule has 1 heteroatoms. The molecule has 0 spiro atoms. The van der Waals surface area contributed by atoms with E-state index < -0.39 is 0 Å². The summed E-state index contributed by atoms with van der Waals surface area (Å²) in [6.07, 6.45) is 5.36. The number of hydrogen-bond donors (Lipinski definition) is 0. The lowest BCUT2D eigenvalue weighted by Gasteiger charge is -1.95. The standard InChI is InChI=1S/C8H13O/c1-3-5-7-9-8-6-4-2/h3-4,7H,1-2,5-6,8H2. The first-order chi connectivity index (χ1) is 4.41. The van der Waals surface area contributed by atoms with E-state index in [1.54, 1.807) is 12.7 Å². The van der Waals surface area contributed by atoms with Crippen LogP contribution in [0.15, 0.2) is 25.3 Å². The third-order valence-corrected chi connectivity index (χ3v) is 0.821. The summed E-state index contributed by atoms with van der Waals surface area (Å²) in [6.45, 7) is 9.59. The predicted octanol–water partition coefficient (Wildman–Crippen LogP) is 2.32. The molecule has 0 aliphatic carbocycles. The first-order valence-electron chi connectivity index (χ1n) is 3.07. The van der Waals surface area contributed by atoms with Crippen LogP contribution in [-0.4, -0.2) is 6.61 Å². The fourth-order valence-electron chi connectivity index (χ4n) is 0.371. The summed E-state index contributed by atoms with van der Waals surface area (Å²) in [4.78, 5) is 0. The van der Waals surface area contributed by atoms with Gasteiger partial charge in [-0.2, -0.15) is 0 Å². The second-order valence-corrected chi connectivity index (χ2v) is 1.64. The molecule has 1 radical (unpaired) electrons. The maximum Gasteiger partial charge on any atom is 0.0874 e. The normalized spacial score (nSPS) is 8.89. The van der Waals surface area contributed by atoms with E-state index in [0.717, 1.165) is 19.4 Å². The van der Waals surface area contributed by atoms with Crippen molar-refractivity contribution in [3.8, 4) is 0 Å². The highest BCUT2D eigenvalue weighted by atomic mass is 16.5. The van der Waals surface area contributed by atoms with Crippen molar-refractivity contribution in [2.45, 2.75) is 12.8 Å². The van der Waals surface area contributed by atoms with Crippen LogP contribution in [0, 0.1) is 6.61 Å². The molecule has 0 aromatic heterocycles. The minimum Gasteiger partial charge on any atom is -0.375 e. The summed E-state index contributed by atoms with van der Waals surface area (Å²) >= 11 is 0. The molecule has 0 fully saturated rings. The number of hydrogen-bond acceptors (Lipinski definition) is 1. The van der Waals surface area contributed by atoms with Gasteiger partial charge in [0.15, 0.2) is 0 Å². The Bertz CT molecular complexity index is 66.6. The Morgan fingerprint density at radius 2 is 2.00 bits per heavy atom. The van der Waals surface area contributed by atoms with E-state index >= 15 is 0 Å². The van der Waals surface area contributed by atoms with Crippen LogP contribution < -0.4 is 0 Å². The molecule has 0 amide bonds. The van der Waals surface area contributed by atoms with E-state index in [9.17, 15) is 0 Å². The highest BCUT2D eigenvalue weighted by Gasteiger charge is 1.82. The Morgan fingerprint density at radius 3 is 2.56 bits per heavy atom. The molecule has 0 aliphatic rings. The van der Waals surface area contributed by atoms with Gasteiger partial charge in [-0.25, -0.2) is 0 Å². The quantitative estimate of drug-likeness (QED) is 0.391. The SMILES string of the molecule is C=CC[CH]OCCC=C. The molecule has 0 rings (SSSR count). The Kier molecular flexibility index (Phi) is 6.98. The van der Waals surface area contributed by atoms with Gasteiger partial charge in [0, 0.05) is 0 Å². The van der Waals surface area contributed by atoms with Gasteiger partial charge in [0.05, 0.1) is 13.2 Å². The van der Waals surface area contributed by atoms with Crippen molar-refractivity contribution < 1.29 is 4.74 Å². The molecule has 1 nitrogen and oxygen atoms in total. The topological polar surface area (TPSA) is 9.23 Å². The van der Waals surface area contributed by atoms with Gasteiger partial charge >= 0.3 is 0 Å². The lowest BCUT2D eigenvalue weighted by molar-refractivity contribution is 0.203. The third kappa shape index (κ3) is 7.44. The molecule has 9 heavy (non-hydrogen) atoms. The summed E-state index contributed by atoms with van der Waals surface area (Å²) in [6, 6.07) is 0. The van der Waals surface area contributed by atoms with E-state index in [2.05, 4.69) is 13.2 Å². The molecule has 0 aliphatic heterocycles. The maximum atomic E-state index is 5.05. The van der Waals surface area contributed by atoms with Crippen LogP contribution in [0.2, 0.25) is 0 Å². The molecule has 0 saturated carbocycles. The largest absolute Gasteiger partial charge is 0.375 e. The molecule has 0 aromatic carbocycles. The summed E-state index contributed by atoms with van der Waals surface area (Å²) in [7, 11) is 0.